The molecule has 1 rings (SSSR count). The first-order chi connectivity index (χ1) is 8.54. The molecule has 100 valence electrons. The van der Waals surface area contributed by atoms with Crippen LogP contribution in [0, 0.1) is 0 Å². The molecule has 0 saturated heterocycles. The average molecular weight is 378 g/mol. The Morgan fingerprint density at radius 2 is 1.78 bits per heavy atom. The lowest BCUT2D eigenvalue weighted by molar-refractivity contribution is 0.603. The molecule has 0 aliphatic rings. The van der Waals surface area contributed by atoms with Crippen LogP contribution in [0.25, 0.3) is 0 Å². The van der Waals surface area contributed by atoms with Crippen molar-refractivity contribution in [1.82, 2.24) is 0 Å². The summed E-state index contributed by atoms with van der Waals surface area (Å²) in [6.07, 6.45) is 3.79. The lowest BCUT2D eigenvalue weighted by atomic mass is 10.1. The van der Waals surface area contributed by atoms with Crippen LogP contribution in [0.2, 0.25) is 0 Å². The van der Waals surface area contributed by atoms with Crippen LogP contribution >= 0.6 is 22.6 Å². The summed E-state index contributed by atoms with van der Waals surface area (Å²) in [5, 5.41) is 0. The zero-order chi connectivity index (χ0) is 13.6. The highest BCUT2D eigenvalue weighted by Crippen LogP contribution is 2.30. The largest absolute Gasteiger partial charge is 0.218 e. The highest BCUT2D eigenvalue weighted by atomic mass is 127. The van der Waals surface area contributed by atoms with E-state index < -0.39 is 9.84 Å². The van der Waals surface area contributed by atoms with Crippen molar-refractivity contribution in [2.75, 3.05) is 0 Å². The highest BCUT2D eigenvalue weighted by molar-refractivity contribution is 14.1. The molecule has 0 aliphatic carbocycles. The van der Waals surface area contributed by atoms with E-state index >= 15 is 0 Å². The SMILES string of the molecule is CCCC/C(CC)=C(\I)S(=O)(=O)c1ccccc1. The lowest BCUT2D eigenvalue weighted by Gasteiger charge is -2.10. The molecule has 0 aromatic heterocycles. The van der Waals surface area contributed by atoms with Crippen molar-refractivity contribution in [3.8, 4) is 0 Å². The molecule has 0 radical (unpaired) electrons. The van der Waals surface area contributed by atoms with Gasteiger partial charge in [0.15, 0.2) is 0 Å². The second-order valence-corrected chi connectivity index (χ2v) is 7.85. The van der Waals surface area contributed by atoms with Crippen molar-refractivity contribution in [3.05, 3.63) is 38.8 Å². The molecule has 18 heavy (non-hydrogen) atoms. The molecule has 0 unspecified atom stereocenters. The van der Waals surface area contributed by atoms with E-state index in [1.165, 1.54) is 0 Å². The Morgan fingerprint density at radius 1 is 1.17 bits per heavy atom. The van der Waals surface area contributed by atoms with Gasteiger partial charge in [-0.25, -0.2) is 8.42 Å². The molecule has 1 aromatic rings. The Kier molecular flexibility index (Phi) is 6.35. The Bertz CT molecular complexity index is 504. The predicted octanol–water partition coefficient (Wildman–Crippen LogP) is 4.71. The van der Waals surface area contributed by atoms with Crippen LogP contribution in [0.4, 0.5) is 0 Å². The summed E-state index contributed by atoms with van der Waals surface area (Å²) in [5.74, 6) is 0. The fourth-order valence-electron chi connectivity index (χ4n) is 1.70. The molecule has 0 heterocycles. The van der Waals surface area contributed by atoms with Crippen LogP contribution in [-0.4, -0.2) is 8.42 Å². The number of hydrogen-bond acceptors (Lipinski definition) is 2. The van der Waals surface area contributed by atoms with Crippen LogP contribution in [0.1, 0.15) is 39.5 Å². The van der Waals surface area contributed by atoms with Gasteiger partial charge < -0.3 is 0 Å². The molecule has 0 N–H and O–H groups in total. The van der Waals surface area contributed by atoms with Gasteiger partial charge in [0, 0.05) is 0 Å². The monoisotopic (exact) mass is 378 g/mol. The Balaban J connectivity index is 3.14. The topological polar surface area (TPSA) is 34.1 Å². The first-order valence-electron chi connectivity index (χ1n) is 6.21. The third-order valence-electron chi connectivity index (χ3n) is 2.83. The molecular weight excluding hydrogens is 359 g/mol. The number of rotatable bonds is 6. The third kappa shape index (κ3) is 3.82. The molecule has 0 aliphatic heterocycles. The van der Waals surface area contributed by atoms with Crippen molar-refractivity contribution in [1.29, 1.82) is 0 Å². The molecule has 0 atom stereocenters. The predicted molar refractivity (Wildman–Crippen MR) is 84.5 cm³/mol. The van der Waals surface area contributed by atoms with Crippen molar-refractivity contribution < 1.29 is 8.42 Å². The van der Waals surface area contributed by atoms with Gasteiger partial charge >= 0.3 is 0 Å². The van der Waals surface area contributed by atoms with Crippen molar-refractivity contribution in [2.45, 2.75) is 44.4 Å². The maximum absolute atomic E-state index is 12.4. The van der Waals surface area contributed by atoms with E-state index in [0.717, 1.165) is 31.3 Å². The van der Waals surface area contributed by atoms with E-state index in [1.54, 1.807) is 24.3 Å². The molecular formula is C14H19IO2S. The number of unbranched alkanes of at least 4 members (excludes halogenated alkanes) is 1. The molecule has 2 nitrogen and oxygen atoms in total. The second-order valence-electron chi connectivity index (χ2n) is 4.15. The number of allylic oxidation sites excluding steroid dienone is 1. The normalized spacial score (nSPS) is 13.3. The van der Waals surface area contributed by atoms with Gasteiger partial charge in [-0.15, -0.1) is 0 Å². The minimum absolute atomic E-state index is 0.386. The van der Waals surface area contributed by atoms with Crippen LogP contribution < -0.4 is 0 Å². The minimum atomic E-state index is -3.31. The Labute approximate surface area is 124 Å². The summed E-state index contributed by atoms with van der Waals surface area (Å²) in [7, 11) is -3.31. The molecule has 0 amide bonds. The van der Waals surface area contributed by atoms with Gasteiger partial charge in [-0.1, -0.05) is 38.5 Å². The summed E-state index contributed by atoms with van der Waals surface area (Å²) in [5.41, 5.74) is 1.04. The van der Waals surface area contributed by atoms with E-state index in [1.807, 2.05) is 35.6 Å². The van der Waals surface area contributed by atoms with Crippen LogP contribution in [-0.2, 0) is 9.84 Å². The minimum Gasteiger partial charge on any atom is -0.218 e. The van der Waals surface area contributed by atoms with E-state index in [4.69, 9.17) is 0 Å². The Morgan fingerprint density at radius 3 is 2.28 bits per heavy atom. The maximum atomic E-state index is 12.4. The maximum Gasteiger partial charge on any atom is 0.212 e. The first-order valence-corrected chi connectivity index (χ1v) is 8.77. The standard InChI is InChI=1S/C14H19IO2S/c1-3-5-9-12(4-2)14(15)18(16,17)13-10-7-6-8-11-13/h6-8,10-11H,3-5,9H2,1-2H3/b14-12+. The highest BCUT2D eigenvalue weighted by Gasteiger charge is 2.20. The molecule has 1 aromatic carbocycles. The number of benzene rings is 1. The van der Waals surface area contributed by atoms with Crippen molar-refractivity contribution in [3.63, 3.8) is 0 Å². The van der Waals surface area contributed by atoms with Crippen LogP contribution in [0.5, 0.6) is 0 Å². The van der Waals surface area contributed by atoms with Gasteiger partial charge in [-0.05, 0) is 59.6 Å². The van der Waals surface area contributed by atoms with E-state index in [0.29, 0.717) is 7.81 Å². The summed E-state index contributed by atoms with van der Waals surface area (Å²) in [6, 6.07) is 8.65. The molecule has 0 fully saturated rings. The summed E-state index contributed by atoms with van der Waals surface area (Å²) >= 11 is 1.98. The first kappa shape index (κ1) is 15.7. The molecule has 0 bridgehead atoms. The van der Waals surface area contributed by atoms with Gasteiger partial charge in [-0.2, -0.15) is 0 Å². The number of sulfone groups is 1. The van der Waals surface area contributed by atoms with Gasteiger partial charge in [0.25, 0.3) is 0 Å². The number of hydrogen-bond donors (Lipinski definition) is 0. The van der Waals surface area contributed by atoms with E-state index in [9.17, 15) is 8.42 Å². The van der Waals surface area contributed by atoms with Gasteiger partial charge in [0.05, 0.1) is 4.90 Å². The smallest absolute Gasteiger partial charge is 0.212 e. The molecule has 0 saturated carbocycles. The quantitative estimate of drug-likeness (QED) is 0.672. The van der Waals surface area contributed by atoms with E-state index in [2.05, 4.69) is 6.92 Å². The van der Waals surface area contributed by atoms with Gasteiger partial charge in [0.1, 0.15) is 2.91 Å². The fourth-order valence-corrected chi connectivity index (χ4v) is 4.46. The van der Waals surface area contributed by atoms with E-state index in [-0.39, 0.29) is 0 Å². The number of halogens is 1. The summed E-state index contributed by atoms with van der Waals surface area (Å²) in [4.78, 5) is 0.386. The second kappa shape index (κ2) is 7.28. The zero-order valence-corrected chi connectivity index (χ0v) is 13.8. The van der Waals surface area contributed by atoms with Crippen molar-refractivity contribution in [2.24, 2.45) is 0 Å². The average Bonchev–Trinajstić information content (AvgIpc) is 2.40. The third-order valence-corrected chi connectivity index (χ3v) is 6.98. The zero-order valence-electron chi connectivity index (χ0n) is 10.8. The van der Waals surface area contributed by atoms with Crippen molar-refractivity contribution >= 4 is 32.4 Å². The van der Waals surface area contributed by atoms with Gasteiger partial charge in [-0.3, -0.25) is 0 Å². The summed E-state index contributed by atoms with van der Waals surface area (Å²) in [6.45, 7) is 4.13. The fraction of sp³-hybridized carbons (Fsp3) is 0.429. The van der Waals surface area contributed by atoms with Crippen LogP contribution in [0.15, 0.2) is 43.7 Å². The Hall–Kier alpha value is -0.360. The van der Waals surface area contributed by atoms with Crippen LogP contribution in [0.3, 0.4) is 0 Å². The summed E-state index contributed by atoms with van der Waals surface area (Å²) < 4.78 is 25.4. The van der Waals surface area contributed by atoms with Gasteiger partial charge in [0.2, 0.25) is 9.84 Å². The lowest BCUT2D eigenvalue weighted by Crippen LogP contribution is -2.03. The molecule has 0 spiro atoms. The molecule has 4 heteroatoms.